The van der Waals surface area contributed by atoms with Crippen molar-refractivity contribution in [3.05, 3.63) is 0 Å². The molecule has 0 rings (SSSR count). The minimum Gasteiger partial charge on any atom is -0.356 e. The monoisotopic (exact) mass is 276 g/mol. The molecule has 16 heavy (non-hydrogen) atoms. The molecule has 0 aliphatic carbocycles. The van der Waals surface area contributed by atoms with Gasteiger partial charge in [-0.1, -0.05) is 0 Å². The molecule has 0 aromatic rings. The fourth-order valence-corrected chi connectivity index (χ4v) is 0.799. The second-order valence-corrected chi connectivity index (χ2v) is 3.44. The summed E-state index contributed by atoms with van der Waals surface area (Å²) in [5.74, 6) is -1.94. The summed E-state index contributed by atoms with van der Waals surface area (Å²) < 4.78 is 36.2. The summed E-state index contributed by atoms with van der Waals surface area (Å²) in [7, 11) is 0. The highest BCUT2D eigenvalue weighted by atomic mass is 32.2. The fraction of sp³-hybridized carbons (Fsp3) is 0.500. The summed E-state index contributed by atoms with van der Waals surface area (Å²) in [5, 5.41) is 0. The molecule has 12 heteroatoms. The zero-order chi connectivity index (χ0) is 12.6. The van der Waals surface area contributed by atoms with Gasteiger partial charge in [0.05, 0.1) is 12.8 Å². The quantitative estimate of drug-likeness (QED) is 0.312. The van der Waals surface area contributed by atoms with Crippen LogP contribution in [0.5, 0.6) is 0 Å². The zero-order valence-corrected chi connectivity index (χ0v) is 9.21. The van der Waals surface area contributed by atoms with Crippen molar-refractivity contribution in [2.45, 2.75) is 12.8 Å². The molecular weight excluding hydrogens is 268 g/mol. The van der Waals surface area contributed by atoms with Gasteiger partial charge in [-0.3, -0.25) is 18.7 Å². The lowest BCUT2D eigenvalue weighted by molar-refractivity contribution is -0.154. The predicted octanol–water partition coefficient (Wildman–Crippen LogP) is -1.86. The average Bonchev–Trinajstić information content (AvgIpc) is 2.20. The molecule has 0 bridgehead atoms. The summed E-state index contributed by atoms with van der Waals surface area (Å²) >= 11 is -5.01. The highest BCUT2D eigenvalue weighted by Crippen LogP contribution is 1.93. The third-order valence-electron chi connectivity index (χ3n) is 0.987. The molecule has 2 unspecified atom stereocenters. The van der Waals surface area contributed by atoms with Crippen molar-refractivity contribution in [2.24, 2.45) is 0 Å². The molecule has 0 aliphatic rings. The van der Waals surface area contributed by atoms with Crippen LogP contribution in [0.15, 0.2) is 0 Å². The lowest BCUT2D eigenvalue weighted by Gasteiger charge is -2.02. The van der Waals surface area contributed by atoms with Gasteiger partial charge in [0, 0.05) is 0 Å². The van der Waals surface area contributed by atoms with Gasteiger partial charge in [0.1, 0.15) is 0 Å². The van der Waals surface area contributed by atoms with Gasteiger partial charge in [0.2, 0.25) is 0 Å². The third kappa shape index (κ3) is 9.63. The van der Waals surface area contributed by atoms with Crippen LogP contribution in [0.2, 0.25) is 0 Å². The summed E-state index contributed by atoms with van der Waals surface area (Å²) in [6.45, 7) is 0. The Kier molecular flexibility index (Phi) is 7.78. The van der Waals surface area contributed by atoms with E-state index in [1.54, 1.807) is 0 Å². The van der Waals surface area contributed by atoms with E-state index in [2.05, 4.69) is 9.68 Å². The van der Waals surface area contributed by atoms with Crippen molar-refractivity contribution in [3.8, 4) is 0 Å². The van der Waals surface area contributed by atoms with E-state index < -0.39 is 47.3 Å². The van der Waals surface area contributed by atoms with Gasteiger partial charge >= 0.3 is 11.9 Å². The first kappa shape index (κ1) is 15.1. The van der Waals surface area contributed by atoms with Gasteiger partial charge < -0.3 is 9.68 Å². The predicted molar refractivity (Wildman–Crippen MR) is 49.2 cm³/mol. The number of carbonyl (C=O) groups excluding carboxylic acids is 2. The number of carbonyl (C=O) groups is 2. The fourth-order valence-electron chi connectivity index (χ4n) is 0.470. The summed E-state index contributed by atoms with van der Waals surface area (Å²) in [6.07, 6.45) is -0.856. The molecular formula is C4H8N2O8S2. The van der Waals surface area contributed by atoms with Gasteiger partial charge in [-0.2, -0.15) is 0 Å². The Morgan fingerprint density at radius 1 is 0.938 bits per heavy atom. The molecule has 4 N–H and O–H groups in total. The van der Waals surface area contributed by atoms with Crippen LogP contribution in [0.25, 0.3) is 0 Å². The first-order valence-electron chi connectivity index (χ1n) is 3.54. The van der Waals surface area contributed by atoms with E-state index in [0.29, 0.717) is 0 Å². The minimum absolute atomic E-state index is 0.428. The van der Waals surface area contributed by atoms with E-state index in [1.165, 1.54) is 9.77 Å². The van der Waals surface area contributed by atoms with Gasteiger partial charge in [0.15, 0.2) is 0 Å². The molecule has 2 atom stereocenters. The van der Waals surface area contributed by atoms with Crippen molar-refractivity contribution in [2.75, 3.05) is 0 Å². The Labute approximate surface area is 94.4 Å². The van der Waals surface area contributed by atoms with E-state index >= 15 is 0 Å². The second kappa shape index (κ2) is 8.26. The molecule has 0 aliphatic heterocycles. The first-order valence-corrected chi connectivity index (χ1v) is 5.75. The molecule has 0 saturated carbocycles. The van der Waals surface area contributed by atoms with Gasteiger partial charge in [0.25, 0.3) is 22.5 Å². The molecule has 0 heterocycles. The smallest absolute Gasteiger partial charge is 0.326 e. The number of hydrogen-bond acceptors (Lipinski definition) is 6. The number of nitrogens with one attached hydrogen (secondary N) is 2. The third-order valence-corrected chi connectivity index (χ3v) is 1.44. The Balaban J connectivity index is 3.63. The van der Waals surface area contributed by atoms with E-state index in [1.807, 2.05) is 0 Å². The number of rotatable bonds is 7. The largest absolute Gasteiger partial charge is 0.356 e. The zero-order valence-electron chi connectivity index (χ0n) is 7.57. The maximum absolute atomic E-state index is 10.7. The molecule has 0 fully saturated rings. The van der Waals surface area contributed by atoms with Crippen molar-refractivity contribution in [3.63, 3.8) is 0 Å². The van der Waals surface area contributed by atoms with Crippen LogP contribution in [0.3, 0.4) is 0 Å². The van der Waals surface area contributed by atoms with Gasteiger partial charge in [-0.15, -0.1) is 0 Å². The Morgan fingerprint density at radius 2 is 1.25 bits per heavy atom. The summed E-state index contributed by atoms with van der Waals surface area (Å²) in [5.41, 5.74) is 0. The maximum atomic E-state index is 10.7. The molecule has 94 valence electrons. The van der Waals surface area contributed by atoms with Crippen LogP contribution in [0, 0.1) is 0 Å². The lowest BCUT2D eigenvalue weighted by Crippen LogP contribution is -2.24. The Bertz CT molecular complexity index is 276. The highest BCUT2D eigenvalue weighted by molar-refractivity contribution is 7.77. The highest BCUT2D eigenvalue weighted by Gasteiger charge is 2.10. The van der Waals surface area contributed by atoms with Crippen molar-refractivity contribution >= 4 is 34.5 Å². The van der Waals surface area contributed by atoms with Crippen molar-refractivity contribution < 1.29 is 36.8 Å². The molecule has 0 radical (unpaired) electrons. The van der Waals surface area contributed by atoms with Crippen molar-refractivity contribution in [1.29, 1.82) is 0 Å². The van der Waals surface area contributed by atoms with Gasteiger partial charge in [-0.25, -0.2) is 8.42 Å². The van der Waals surface area contributed by atoms with E-state index in [9.17, 15) is 18.0 Å². The minimum atomic E-state index is -2.50. The van der Waals surface area contributed by atoms with Crippen LogP contribution >= 0.6 is 0 Å². The number of hydrogen-bond donors (Lipinski definition) is 4. The maximum Gasteiger partial charge on any atom is 0.326 e. The van der Waals surface area contributed by atoms with Crippen LogP contribution < -0.4 is 9.77 Å². The average molecular weight is 276 g/mol. The summed E-state index contributed by atoms with van der Waals surface area (Å²) in [4.78, 5) is 32.3. The molecule has 0 aromatic heterocycles. The van der Waals surface area contributed by atoms with E-state index in [4.69, 9.17) is 9.11 Å². The standard InChI is InChI=1S/C4H8N2O8S2/c7-3(13-5-15(9)10)1-2-4(8)14-6-16(11)12/h5-6H,1-2H2,(H,9,10)(H,11,12). The molecule has 10 nitrogen and oxygen atoms in total. The van der Waals surface area contributed by atoms with Crippen LogP contribution in [0.1, 0.15) is 12.8 Å². The van der Waals surface area contributed by atoms with Crippen LogP contribution in [-0.2, 0) is 41.8 Å². The first-order chi connectivity index (χ1) is 7.41. The lowest BCUT2D eigenvalue weighted by atomic mass is 10.3. The Morgan fingerprint density at radius 3 is 1.50 bits per heavy atom. The van der Waals surface area contributed by atoms with E-state index in [0.717, 1.165) is 0 Å². The van der Waals surface area contributed by atoms with Crippen molar-refractivity contribution in [1.82, 2.24) is 9.77 Å². The molecule has 0 aromatic carbocycles. The second-order valence-electron chi connectivity index (χ2n) is 2.11. The molecule has 0 spiro atoms. The summed E-state index contributed by atoms with van der Waals surface area (Å²) in [6, 6.07) is 0. The van der Waals surface area contributed by atoms with E-state index in [-0.39, 0.29) is 0 Å². The molecule has 0 saturated heterocycles. The SMILES string of the molecule is O=C(CCC(=O)ONS(=O)O)ONS(=O)O. The van der Waals surface area contributed by atoms with Gasteiger partial charge in [-0.05, 0) is 9.77 Å². The Hall–Kier alpha value is -0.920. The van der Waals surface area contributed by atoms with Crippen LogP contribution in [0.4, 0.5) is 0 Å². The molecule has 0 amide bonds. The van der Waals surface area contributed by atoms with Crippen LogP contribution in [-0.4, -0.2) is 29.5 Å². The topological polar surface area (TPSA) is 151 Å². The normalized spacial score (nSPS) is 13.9.